The molecule has 1 aromatic heterocycles. The summed E-state index contributed by atoms with van der Waals surface area (Å²) in [6, 6.07) is 5.73. The summed E-state index contributed by atoms with van der Waals surface area (Å²) in [6.07, 6.45) is 5.37. The van der Waals surface area contributed by atoms with Crippen molar-refractivity contribution in [2.24, 2.45) is 0 Å². The first kappa shape index (κ1) is 16.5. The van der Waals surface area contributed by atoms with Crippen LogP contribution in [-0.4, -0.2) is 34.6 Å². The minimum Gasteiger partial charge on any atom is -0.381 e. The highest BCUT2D eigenvalue weighted by Crippen LogP contribution is 2.23. The predicted octanol–water partition coefficient (Wildman–Crippen LogP) is 3.18. The van der Waals surface area contributed by atoms with Crippen LogP contribution in [0.2, 0.25) is 0 Å². The Morgan fingerprint density at radius 1 is 1.25 bits per heavy atom. The van der Waals surface area contributed by atoms with Crippen LogP contribution in [0, 0.1) is 13.8 Å². The molecule has 24 heavy (non-hydrogen) atoms. The van der Waals surface area contributed by atoms with Gasteiger partial charge >= 0.3 is 6.03 Å². The second kappa shape index (κ2) is 6.65. The van der Waals surface area contributed by atoms with Crippen molar-refractivity contribution in [1.82, 2.24) is 15.1 Å². The molecule has 128 valence electrons. The zero-order valence-electron chi connectivity index (χ0n) is 14.4. The Bertz CT molecular complexity index is 732. The number of hydrogen-bond acceptors (Lipinski definition) is 3. The minimum atomic E-state index is -0.228. The molecule has 1 aliphatic rings. The number of benzene rings is 1. The maximum absolute atomic E-state index is 12.5. The van der Waals surface area contributed by atoms with Crippen LogP contribution in [0.5, 0.6) is 0 Å². The zero-order chi connectivity index (χ0) is 17.2. The smallest absolute Gasteiger partial charge is 0.319 e. The molecule has 1 aliphatic heterocycles. The van der Waals surface area contributed by atoms with Crippen molar-refractivity contribution >= 4 is 11.7 Å². The van der Waals surface area contributed by atoms with Gasteiger partial charge in [-0.05, 0) is 56.9 Å². The number of nitrogens with zero attached hydrogens (tertiary/aromatic N) is 2. The van der Waals surface area contributed by atoms with Crippen LogP contribution in [0.3, 0.4) is 0 Å². The molecule has 0 atom stereocenters. The molecule has 2 amide bonds. The first-order valence-electron chi connectivity index (χ1n) is 8.24. The van der Waals surface area contributed by atoms with E-state index in [4.69, 9.17) is 4.74 Å². The summed E-state index contributed by atoms with van der Waals surface area (Å²) in [5, 5.41) is 10.4. The summed E-state index contributed by atoms with van der Waals surface area (Å²) in [7, 11) is 0. The van der Waals surface area contributed by atoms with Gasteiger partial charge < -0.3 is 15.4 Å². The van der Waals surface area contributed by atoms with E-state index in [0.29, 0.717) is 13.2 Å². The summed E-state index contributed by atoms with van der Waals surface area (Å²) < 4.78 is 7.15. The van der Waals surface area contributed by atoms with E-state index in [2.05, 4.69) is 22.7 Å². The van der Waals surface area contributed by atoms with Crippen LogP contribution >= 0.6 is 0 Å². The average molecular weight is 328 g/mol. The molecule has 0 aliphatic carbocycles. The van der Waals surface area contributed by atoms with Gasteiger partial charge in [0.1, 0.15) is 0 Å². The molecule has 0 radical (unpaired) electrons. The standard InChI is InChI=1S/C18H24N4O2/c1-13-4-5-16(22-12-14(2)11-19-22)15(10-13)20-17(23)21-18(3)6-8-24-9-7-18/h4-5,10-12H,6-9H2,1-3H3,(H2,20,21,23). The molecule has 6 heteroatoms. The van der Waals surface area contributed by atoms with E-state index in [1.165, 1.54) is 0 Å². The van der Waals surface area contributed by atoms with Crippen molar-refractivity contribution in [2.45, 2.75) is 39.2 Å². The van der Waals surface area contributed by atoms with Gasteiger partial charge in [-0.15, -0.1) is 0 Å². The van der Waals surface area contributed by atoms with Crippen LogP contribution in [0.15, 0.2) is 30.6 Å². The molecule has 1 saturated heterocycles. The van der Waals surface area contributed by atoms with Gasteiger partial charge in [0.2, 0.25) is 0 Å². The Balaban J connectivity index is 1.79. The fourth-order valence-corrected chi connectivity index (χ4v) is 2.87. The summed E-state index contributed by atoms with van der Waals surface area (Å²) >= 11 is 0. The van der Waals surface area contributed by atoms with Gasteiger partial charge in [0.15, 0.2) is 0 Å². The SMILES string of the molecule is Cc1ccc(-n2cc(C)cn2)c(NC(=O)NC2(C)CCOCC2)c1. The van der Waals surface area contributed by atoms with Crippen molar-refractivity contribution in [3.05, 3.63) is 41.7 Å². The first-order chi connectivity index (χ1) is 11.5. The van der Waals surface area contributed by atoms with Crippen LogP contribution in [0.1, 0.15) is 30.9 Å². The maximum Gasteiger partial charge on any atom is 0.319 e. The Morgan fingerprint density at radius 3 is 2.67 bits per heavy atom. The Hall–Kier alpha value is -2.34. The van der Waals surface area contributed by atoms with Gasteiger partial charge in [0.25, 0.3) is 0 Å². The number of carbonyl (C=O) groups is 1. The lowest BCUT2D eigenvalue weighted by Gasteiger charge is -2.34. The highest BCUT2D eigenvalue weighted by atomic mass is 16.5. The van der Waals surface area contributed by atoms with Gasteiger partial charge in [-0.2, -0.15) is 5.10 Å². The number of urea groups is 1. The van der Waals surface area contributed by atoms with Gasteiger partial charge in [-0.3, -0.25) is 0 Å². The lowest BCUT2D eigenvalue weighted by Crippen LogP contribution is -2.51. The summed E-state index contributed by atoms with van der Waals surface area (Å²) in [4.78, 5) is 12.5. The third-order valence-electron chi connectivity index (χ3n) is 4.37. The van der Waals surface area contributed by atoms with Gasteiger partial charge in [0, 0.05) is 24.9 Å². The number of rotatable bonds is 3. The maximum atomic E-state index is 12.5. The van der Waals surface area contributed by atoms with Crippen molar-refractivity contribution in [3.63, 3.8) is 0 Å². The Labute approximate surface area is 142 Å². The van der Waals surface area contributed by atoms with E-state index in [9.17, 15) is 4.79 Å². The molecule has 6 nitrogen and oxygen atoms in total. The van der Waals surface area contributed by atoms with Gasteiger partial charge in [-0.1, -0.05) is 6.07 Å². The average Bonchev–Trinajstić information content (AvgIpc) is 2.93. The number of hydrogen-bond donors (Lipinski definition) is 2. The highest BCUT2D eigenvalue weighted by molar-refractivity contribution is 5.92. The monoisotopic (exact) mass is 328 g/mol. The van der Waals surface area contributed by atoms with Crippen LogP contribution in [-0.2, 0) is 4.74 Å². The van der Waals surface area contributed by atoms with E-state index < -0.39 is 0 Å². The van der Waals surface area contributed by atoms with Crippen LogP contribution in [0.4, 0.5) is 10.5 Å². The molecule has 1 fully saturated rings. The number of nitrogens with one attached hydrogen (secondary N) is 2. The van der Waals surface area contributed by atoms with Gasteiger partial charge in [0.05, 0.1) is 17.6 Å². The molecule has 0 spiro atoms. The molecular formula is C18H24N4O2. The first-order valence-corrected chi connectivity index (χ1v) is 8.24. The van der Waals surface area contributed by atoms with E-state index in [1.54, 1.807) is 10.9 Å². The summed E-state index contributed by atoms with van der Waals surface area (Å²) in [5.41, 5.74) is 3.51. The molecule has 0 bridgehead atoms. The van der Waals surface area contributed by atoms with Crippen molar-refractivity contribution < 1.29 is 9.53 Å². The molecule has 0 unspecified atom stereocenters. The third kappa shape index (κ3) is 3.76. The lowest BCUT2D eigenvalue weighted by molar-refractivity contribution is 0.0500. The van der Waals surface area contributed by atoms with Crippen LogP contribution < -0.4 is 10.6 Å². The molecule has 2 heterocycles. The largest absolute Gasteiger partial charge is 0.381 e. The van der Waals surface area contributed by atoms with Crippen molar-refractivity contribution in [2.75, 3.05) is 18.5 Å². The summed E-state index contributed by atoms with van der Waals surface area (Å²) in [6.45, 7) is 7.41. The number of carbonyl (C=O) groups excluding carboxylic acids is 1. The normalized spacial score (nSPS) is 16.6. The van der Waals surface area contributed by atoms with E-state index in [0.717, 1.165) is 35.3 Å². The number of amides is 2. The molecule has 3 rings (SSSR count). The fourth-order valence-electron chi connectivity index (χ4n) is 2.87. The number of aromatic nitrogens is 2. The topological polar surface area (TPSA) is 68.2 Å². The van der Waals surface area contributed by atoms with Gasteiger partial charge in [-0.25, -0.2) is 9.48 Å². The molecule has 2 N–H and O–H groups in total. The van der Waals surface area contributed by atoms with E-state index in [-0.39, 0.29) is 11.6 Å². The Morgan fingerprint density at radius 2 is 2.00 bits per heavy atom. The molecular weight excluding hydrogens is 304 g/mol. The van der Waals surface area contributed by atoms with Crippen molar-refractivity contribution in [3.8, 4) is 5.69 Å². The highest BCUT2D eigenvalue weighted by Gasteiger charge is 2.29. The summed E-state index contributed by atoms with van der Waals surface area (Å²) in [5.74, 6) is 0. The zero-order valence-corrected chi connectivity index (χ0v) is 14.4. The predicted molar refractivity (Wildman–Crippen MR) is 93.7 cm³/mol. The quantitative estimate of drug-likeness (QED) is 0.909. The number of ether oxygens (including phenoxy) is 1. The molecule has 1 aromatic carbocycles. The second-order valence-electron chi connectivity index (χ2n) is 6.74. The van der Waals surface area contributed by atoms with E-state index in [1.807, 2.05) is 38.2 Å². The number of aryl methyl sites for hydroxylation is 2. The van der Waals surface area contributed by atoms with Crippen molar-refractivity contribution in [1.29, 1.82) is 0 Å². The number of anilines is 1. The minimum absolute atomic E-state index is 0.199. The molecule has 2 aromatic rings. The van der Waals surface area contributed by atoms with Crippen LogP contribution in [0.25, 0.3) is 5.69 Å². The lowest BCUT2D eigenvalue weighted by atomic mass is 9.93. The van der Waals surface area contributed by atoms with E-state index >= 15 is 0 Å². The molecule has 0 saturated carbocycles. The third-order valence-corrected chi connectivity index (χ3v) is 4.37. The Kier molecular flexibility index (Phi) is 4.57. The second-order valence-corrected chi connectivity index (χ2v) is 6.74. The fraction of sp³-hybridized carbons (Fsp3) is 0.444.